The SMILES string of the molecule is CCCC1=Nc2n[nH]c(-c3ccccc3OC)c2C(c2ccccc2Cl)C1C#N. The number of halogens is 1. The Labute approximate surface area is 175 Å². The monoisotopic (exact) mass is 404 g/mol. The first-order valence-corrected chi connectivity index (χ1v) is 10.0. The minimum Gasteiger partial charge on any atom is -0.496 e. The second-order valence-corrected chi connectivity index (χ2v) is 7.40. The first-order chi connectivity index (χ1) is 14.2. The number of nitrogens with zero attached hydrogens (tertiary/aromatic N) is 3. The molecule has 4 rings (SSSR count). The number of hydrogen-bond acceptors (Lipinski definition) is 4. The number of H-pyrrole nitrogens is 1. The van der Waals surface area contributed by atoms with Gasteiger partial charge in [-0.05, 0) is 30.2 Å². The molecule has 0 saturated heterocycles. The average Bonchev–Trinajstić information content (AvgIpc) is 3.17. The lowest BCUT2D eigenvalue weighted by Gasteiger charge is -2.29. The molecule has 5 nitrogen and oxygen atoms in total. The van der Waals surface area contributed by atoms with Crippen LogP contribution in [-0.2, 0) is 0 Å². The van der Waals surface area contributed by atoms with E-state index in [9.17, 15) is 5.26 Å². The summed E-state index contributed by atoms with van der Waals surface area (Å²) >= 11 is 6.59. The fraction of sp³-hybridized carbons (Fsp3) is 0.261. The van der Waals surface area contributed by atoms with E-state index in [1.54, 1.807) is 7.11 Å². The van der Waals surface area contributed by atoms with Crippen molar-refractivity contribution < 1.29 is 4.74 Å². The summed E-state index contributed by atoms with van der Waals surface area (Å²) in [5.41, 5.74) is 4.33. The topological polar surface area (TPSA) is 74.1 Å². The van der Waals surface area contributed by atoms with Gasteiger partial charge in [-0.25, -0.2) is 4.99 Å². The Morgan fingerprint density at radius 3 is 2.66 bits per heavy atom. The van der Waals surface area contributed by atoms with Crippen LogP contribution in [0.15, 0.2) is 53.5 Å². The molecule has 0 amide bonds. The van der Waals surface area contributed by atoms with Gasteiger partial charge in [0.15, 0.2) is 5.82 Å². The zero-order valence-corrected chi connectivity index (χ0v) is 17.1. The van der Waals surface area contributed by atoms with Crippen molar-refractivity contribution in [1.29, 1.82) is 5.26 Å². The van der Waals surface area contributed by atoms with Gasteiger partial charge in [0.2, 0.25) is 0 Å². The van der Waals surface area contributed by atoms with Crippen molar-refractivity contribution in [2.24, 2.45) is 10.9 Å². The van der Waals surface area contributed by atoms with Gasteiger partial charge in [-0.2, -0.15) is 10.4 Å². The summed E-state index contributed by atoms with van der Waals surface area (Å²) < 4.78 is 5.56. The molecule has 1 N–H and O–H groups in total. The van der Waals surface area contributed by atoms with Crippen LogP contribution in [0.5, 0.6) is 5.75 Å². The van der Waals surface area contributed by atoms with E-state index in [2.05, 4.69) is 23.2 Å². The fourth-order valence-electron chi connectivity index (χ4n) is 4.02. The van der Waals surface area contributed by atoms with Crippen LogP contribution in [0.1, 0.15) is 36.8 Å². The maximum atomic E-state index is 10.1. The van der Waals surface area contributed by atoms with Crippen LogP contribution in [0, 0.1) is 17.2 Å². The van der Waals surface area contributed by atoms with Gasteiger partial charge in [0.25, 0.3) is 0 Å². The van der Waals surface area contributed by atoms with E-state index >= 15 is 0 Å². The standard InChI is InChI=1S/C23H21ClN4O/c1-3-8-18-16(13-25)20(14-9-4-6-11-17(14)24)21-22(27-28-23(21)26-18)15-10-5-7-12-19(15)29-2/h4-7,9-12,16,20H,3,8H2,1-2H3,(H,27,28). The van der Waals surface area contributed by atoms with Crippen molar-refractivity contribution in [2.75, 3.05) is 7.11 Å². The predicted octanol–water partition coefficient (Wildman–Crippen LogP) is 5.90. The molecule has 0 bridgehead atoms. The van der Waals surface area contributed by atoms with E-state index in [4.69, 9.17) is 21.3 Å². The second kappa shape index (κ2) is 8.10. The van der Waals surface area contributed by atoms with Crippen LogP contribution in [0.2, 0.25) is 5.02 Å². The molecule has 146 valence electrons. The number of ether oxygens (including phenoxy) is 1. The van der Waals surface area contributed by atoms with Gasteiger partial charge in [0.1, 0.15) is 5.75 Å². The predicted molar refractivity (Wildman–Crippen MR) is 115 cm³/mol. The number of rotatable bonds is 5. The molecule has 0 saturated carbocycles. The molecule has 2 atom stereocenters. The van der Waals surface area contributed by atoms with Gasteiger partial charge in [-0.1, -0.05) is 55.3 Å². The molecule has 0 spiro atoms. The van der Waals surface area contributed by atoms with Gasteiger partial charge in [0.05, 0.1) is 24.8 Å². The van der Waals surface area contributed by atoms with Crippen LogP contribution < -0.4 is 4.74 Å². The number of hydrogen-bond donors (Lipinski definition) is 1. The summed E-state index contributed by atoms with van der Waals surface area (Å²) in [6.45, 7) is 2.09. The zero-order chi connectivity index (χ0) is 20.4. The maximum Gasteiger partial charge on any atom is 0.178 e. The van der Waals surface area contributed by atoms with E-state index in [1.165, 1.54) is 0 Å². The van der Waals surface area contributed by atoms with Crippen LogP contribution >= 0.6 is 11.6 Å². The molecule has 29 heavy (non-hydrogen) atoms. The lowest BCUT2D eigenvalue weighted by atomic mass is 9.75. The molecule has 0 radical (unpaired) electrons. The molecule has 1 aliphatic rings. The third kappa shape index (κ3) is 3.30. The molecule has 6 heteroatoms. The molecule has 1 aromatic heterocycles. The normalized spacial score (nSPS) is 17.9. The summed E-state index contributed by atoms with van der Waals surface area (Å²) in [4.78, 5) is 4.76. The van der Waals surface area contributed by atoms with E-state index in [0.717, 1.165) is 46.7 Å². The largest absolute Gasteiger partial charge is 0.496 e. The fourth-order valence-corrected chi connectivity index (χ4v) is 4.27. The molecule has 0 aliphatic carbocycles. The molecule has 0 fully saturated rings. The Bertz CT molecular complexity index is 1110. The summed E-state index contributed by atoms with van der Waals surface area (Å²) in [5.74, 6) is 0.675. The number of benzene rings is 2. The van der Waals surface area contributed by atoms with Gasteiger partial charge < -0.3 is 4.74 Å². The summed E-state index contributed by atoms with van der Waals surface area (Å²) in [7, 11) is 1.64. The number of para-hydroxylation sites is 1. The van der Waals surface area contributed by atoms with Gasteiger partial charge in [-0.3, -0.25) is 5.10 Å². The van der Waals surface area contributed by atoms with Crippen LogP contribution in [0.4, 0.5) is 5.82 Å². The highest BCUT2D eigenvalue weighted by Crippen LogP contribution is 2.48. The number of aliphatic imine (C=N–C) groups is 1. The van der Waals surface area contributed by atoms with Gasteiger partial charge in [0, 0.05) is 27.8 Å². The highest BCUT2D eigenvalue weighted by atomic mass is 35.5. The number of aromatic amines is 1. The van der Waals surface area contributed by atoms with Crippen molar-refractivity contribution in [1.82, 2.24) is 10.2 Å². The lowest BCUT2D eigenvalue weighted by molar-refractivity contribution is 0.416. The van der Waals surface area contributed by atoms with Crippen LogP contribution in [0.3, 0.4) is 0 Å². The lowest BCUT2D eigenvalue weighted by Crippen LogP contribution is -2.25. The molecular weight excluding hydrogens is 384 g/mol. The van der Waals surface area contributed by atoms with Gasteiger partial charge in [-0.15, -0.1) is 0 Å². The van der Waals surface area contributed by atoms with Crippen molar-refractivity contribution >= 4 is 23.1 Å². The third-order valence-electron chi connectivity index (χ3n) is 5.30. The minimum atomic E-state index is -0.409. The molecule has 2 heterocycles. The Morgan fingerprint density at radius 2 is 1.93 bits per heavy atom. The van der Waals surface area contributed by atoms with E-state index in [-0.39, 0.29) is 5.92 Å². The number of nitriles is 1. The van der Waals surface area contributed by atoms with Crippen molar-refractivity contribution in [3.63, 3.8) is 0 Å². The van der Waals surface area contributed by atoms with E-state index in [1.807, 2.05) is 48.5 Å². The quantitative estimate of drug-likeness (QED) is 0.575. The Kier molecular flexibility index (Phi) is 5.37. The first kappa shape index (κ1) is 19.2. The average molecular weight is 405 g/mol. The molecule has 1 aliphatic heterocycles. The highest BCUT2D eigenvalue weighted by Gasteiger charge is 2.39. The molecule has 2 aromatic carbocycles. The van der Waals surface area contributed by atoms with Gasteiger partial charge >= 0.3 is 0 Å². The minimum absolute atomic E-state index is 0.263. The van der Waals surface area contributed by atoms with Crippen LogP contribution in [-0.4, -0.2) is 23.0 Å². The van der Waals surface area contributed by atoms with Crippen molar-refractivity contribution in [2.45, 2.75) is 25.7 Å². The second-order valence-electron chi connectivity index (χ2n) is 7.00. The summed E-state index contributed by atoms with van der Waals surface area (Å²) in [6, 6.07) is 17.9. The highest BCUT2D eigenvalue weighted by molar-refractivity contribution is 6.31. The zero-order valence-electron chi connectivity index (χ0n) is 16.3. The third-order valence-corrected chi connectivity index (χ3v) is 5.64. The Morgan fingerprint density at radius 1 is 1.17 bits per heavy atom. The van der Waals surface area contributed by atoms with Crippen LogP contribution in [0.25, 0.3) is 11.3 Å². The van der Waals surface area contributed by atoms with Crippen molar-refractivity contribution in [3.8, 4) is 23.1 Å². The molecule has 2 unspecified atom stereocenters. The molecular formula is C23H21ClN4O. The number of fused-ring (bicyclic) bond motifs is 1. The maximum absolute atomic E-state index is 10.1. The number of methoxy groups -OCH3 is 1. The number of aromatic nitrogens is 2. The van der Waals surface area contributed by atoms with E-state index < -0.39 is 5.92 Å². The first-order valence-electron chi connectivity index (χ1n) is 9.62. The Hall–Kier alpha value is -3.10. The van der Waals surface area contributed by atoms with E-state index in [0.29, 0.717) is 10.8 Å². The molecule has 3 aromatic rings. The smallest absolute Gasteiger partial charge is 0.178 e. The van der Waals surface area contributed by atoms with Crippen molar-refractivity contribution in [3.05, 3.63) is 64.7 Å². The number of nitrogens with one attached hydrogen (secondary N) is 1. The summed E-state index contributed by atoms with van der Waals surface area (Å²) in [5, 5.41) is 18.4. The summed E-state index contributed by atoms with van der Waals surface area (Å²) in [6.07, 6.45) is 1.65. The Balaban J connectivity index is 1.99.